The first kappa shape index (κ1) is 32.7. The molecule has 10 heteroatoms. The van der Waals surface area contributed by atoms with Gasteiger partial charge in [0, 0.05) is 39.7 Å². The molecule has 48 heavy (non-hydrogen) atoms. The summed E-state index contributed by atoms with van der Waals surface area (Å²) in [5, 5.41) is 45.0. The monoisotopic (exact) mass is 653 g/mol. The van der Waals surface area contributed by atoms with Crippen LogP contribution in [0.3, 0.4) is 0 Å². The van der Waals surface area contributed by atoms with Crippen LogP contribution in [-0.2, 0) is 6.42 Å². The number of hydrogen-bond donors (Lipinski definition) is 1. The van der Waals surface area contributed by atoms with Gasteiger partial charge in [-0.2, -0.15) is 5.11 Å². The maximum Gasteiger partial charge on any atom is 0.251 e. The van der Waals surface area contributed by atoms with Crippen molar-refractivity contribution < 1.29 is 0 Å². The molecule has 0 spiro atoms. The number of azo groups is 3. The van der Waals surface area contributed by atoms with Crippen LogP contribution < -0.4 is 5.32 Å². The van der Waals surface area contributed by atoms with E-state index in [4.69, 9.17) is 10.2 Å². The number of nitrogens with zero attached hydrogens (tertiary/aromatic N) is 8. The predicted octanol–water partition coefficient (Wildman–Crippen LogP) is 13.3. The quantitative estimate of drug-likeness (QED) is 0.0988. The van der Waals surface area contributed by atoms with E-state index in [0.717, 1.165) is 85.5 Å². The Bertz CT molecular complexity index is 2120. The summed E-state index contributed by atoms with van der Waals surface area (Å²) in [7, 11) is 0. The van der Waals surface area contributed by atoms with Crippen LogP contribution in [0.2, 0.25) is 0 Å². The van der Waals surface area contributed by atoms with Crippen molar-refractivity contribution in [1.82, 2.24) is 10.2 Å². The highest BCUT2D eigenvalue weighted by molar-refractivity contribution is 7.14. The molecule has 0 saturated carbocycles. The van der Waals surface area contributed by atoms with Gasteiger partial charge in [-0.3, -0.25) is 0 Å². The molecule has 1 unspecified atom stereocenters. The van der Waals surface area contributed by atoms with Crippen LogP contribution in [0, 0.1) is 6.92 Å². The third-order valence-electron chi connectivity index (χ3n) is 8.21. The second kappa shape index (κ2) is 15.6. The largest absolute Gasteiger partial charge is 0.382 e. The molecule has 6 rings (SSSR count). The predicted molar refractivity (Wildman–Crippen MR) is 198 cm³/mol. The molecule has 5 aromatic carbocycles. The molecule has 1 aromatic heterocycles. The minimum absolute atomic E-state index is 0.378. The molecule has 0 radical (unpaired) electrons. The van der Waals surface area contributed by atoms with Crippen LogP contribution in [0.4, 0.5) is 39.3 Å². The SMILES string of the molecule is CCCCCc1nnc(/N=N/c2ccc(/N=N/c3ccc(/N=N/c4ccc(NC(C)CC)c5ccccc45)c4ccccc34)cc2C)s1. The Labute approximate surface area is 285 Å². The summed E-state index contributed by atoms with van der Waals surface area (Å²) in [6, 6.07) is 30.5. The number of benzene rings is 5. The van der Waals surface area contributed by atoms with Crippen molar-refractivity contribution >= 4 is 72.1 Å². The van der Waals surface area contributed by atoms with E-state index in [-0.39, 0.29) is 0 Å². The van der Waals surface area contributed by atoms with Crippen LogP contribution in [0.1, 0.15) is 57.0 Å². The second-order valence-electron chi connectivity index (χ2n) is 11.8. The van der Waals surface area contributed by atoms with E-state index >= 15 is 0 Å². The van der Waals surface area contributed by atoms with E-state index in [9.17, 15) is 0 Å². The fourth-order valence-electron chi connectivity index (χ4n) is 5.35. The average molecular weight is 654 g/mol. The fourth-order valence-corrected chi connectivity index (χ4v) is 6.05. The second-order valence-corrected chi connectivity index (χ2v) is 12.8. The van der Waals surface area contributed by atoms with Gasteiger partial charge in [0.15, 0.2) is 0 Å². The Kier molecular flexibility index (Phi) is 10.6. The maximum absolute atomic E-state index is 4.71. The van der Waals surface area contributed by atoms with Crippen molar-refractivity contribution in [3.63, 3.8) is 0 Å². The van der Waals surface area contributed by atoms with Crippen molar-refractivity contribution in [1.29, 1.82) is 0 Å². The highest BCUT2D eigenvalue weighted by Gasteiger charge is 2.10. The molecule has 6 aromatic rings. The number of aryl methyl sites for hydroxylation is 2. The lowest BCUT2D eigenvalue weighted by Crippen LogP contribution is -2.13. The number of unbranched alkanes of at least 4 members (excludes halogenated alkanes) is 2. The Morgan fingerprint density at radius 1 is 0.646 bits per heavy atom. The first-order chi connectivity index (χ1) is 23.5. The van der Waals surface area contributed by atoms with Gasteiger partial charge in [0.05, 0.1) is 28.4 Å². The first-order valence-electron chi connectivity index (χ1n) is 16.5. The molecular weight excluding hydrogens is 615 g/mol. The normalized spacial score (nSPS) is 12.7. The van der Waals surface area contributed by atoms with Crippen LogP contribution in [0.25, 0.3) is 21.5 Å². The lowest BCUT2D eigenvalue weighted by atomic mass is 10.1. The molecule has 1 N–H and O–H groups in total. The molecule has 1 heterocycles. The summed E-state index contributed by atoms with van der Waals surface area (Å²) >= 11 is 1.49. The Morgan fingerprint density at radius 3 is 1.88 bits per heavy atom. The molecule has 9 nitrogen and oxygen atoms in total. The van der Waals surface area contributed by atoms with Gasteiger partial charge in [0.2, 0.25) is 0 Å². The lowest BCUT2D eigenvalue weighted by molar-refractivity contribution is 0.710. The smallest absolute Gasteiger partial charge is 0.251 e. The highest BCUT2D eigenvalue weighted by Crippen LogP contribution is 2.38. The summed E-state index contributed by atoms with van der Waals surface area (Å²) in [5.74, 6) is 0. The van der Waals surface area contributed by atoms with Gasteiger partial charge in [-0.05, 0) is 74.7 Å². The Hall–Kier alpha value is -5.22. The number of nitrogens with one attached hydrogen (secondary N) is 1. The van der Waals surface area contributed by atoms with Gasteiger partial charge < -0.3 is 5.32 Å². The maximum atomic E-state index is 4.71. The summed E-state index contributed by atoms with van der Waals surface area (Å²) in [4.78, 5) is 0. The zero-order valence-electron chi connectivity index (χ0n) is 27.8. The van der Waals surface area contributed by atoms with E-state index < -0.39 is 0 Å². The average Bonchev–Trinajstić information content (AvgIpc) is 3.57. The van der Waals surface area contributed by atoms with Gasteiger partial charge in [0.25, 0.3) is 5.13 Å². The number of fused-ring (bicyclic) bond motifs is 2. The highest BCUT2D eigenvalue weighted by atomic mass is 32.1. The molecule has 1 atom stereocenters. The van der Waals surface area contributed by atoms with E-state index in [1.165, 1.54) is 24.2 Å². The standard InChI is InChI=1S/C38H39N9S/c1-5-7-8-17-37-45-47-38(48-37)46-41-32-19-18-27(24-25(32)3)40-42-34-22-23-36(31-16-12-11-15-30(31)34)44-43-35-21-20-33(39-26(4)6-2)28-13-9-10-14-29(28)35/h9-16,18-24,26,39H,5-8,17H2,1-4H3/b42-40+,44-43+,46-41+. The Balaban J connectivity index is 1.20. The van der Waals surface area contributed by atoms with Crippen LogP contribution in [0.15, 0.2) is 122 Å². The molecule has 0 saturated heterocycles. The first-order valence-corrected chi connectivity index (χ1v) is 17.3. The number of aromatic nitrogens is 2. The molecule has 0 aliphatic carbocycles. The topological polar surface area (TPSA) is 112 Å². The summed E-state index contributed by atoms with van der Waals surface area (Å²) in [5.41, 5.74) is 5.87. The van der Waals surface area contributed by atoms with Crippen molar-refractivity contribution in [2.24, 2.45) is 30.7 Å². The van der Waals surface area contributed by atoms with Crippen LogP contribution >= 0.6 is 11.3 Å². The number of anilines is 1. The van der Waals surface area contributed by atoms with Crippen molar-refractivity contribution in [3.05, 3.63) is 102 Å². The van der Waals surface area contributed by atoms with E-state index in [1.807, 2.05) is 73.7 Å². The van der Waals surface area contributed by atoms with Gasteiger partial charge in [-0.15, -0.1) is 35.8 Å². The minimum Gasteiger partial charge on any atom is -0.382 e. The van der Waals surface area contributed by atoms with Gasteiger partial charge in [0.1, 0.15) is 5.01 Å². The lowest BCUT2D eigenvalue weighted by Gasteiger charge is -2.15. The molecular formula is C38H39N9S. The van der Waals surface area contributed by atoms with Gasteiger partial charge in [-0.25, -0.2) is 0 Å². The number of rotatable bonds is 13. The zero-order chi connectivity index (χ0) is 33.3. The van der Waals surface area contributed by atoms with Gasteiger partial charge in [-0.1, -0.05) is 86.6 Å². The van der Waals surface area contributed by atoms with E-state index in [1.54, 1.807) is 0 Å². The number of hydrogen-bond acceptors (Lipinski definition) is 10. The molecule has 0 aliphatic rings. The summed E-state index contributed by atoms with van der Waals surface area (Å²) < 4.78 is 0. The zero-order valence-corrected chi connectivity index (χ0v) is 28.6. The molecule has 242 valence electrons. The third-order valence-corrected chi connectivity index (χ3v) is 9.07. The van der Waals surface area contributed by atoms with E-state index in [0.29, 0.717) is 11.2 Å². The molecule has 0 aliphatic heterocycles. The third kappa shape index (κ3) is 7.83. The van der Waals surface area contributed by atoms with Crippen molar-refractivity contribution in [2.45, 2.75) is 65.8 Å². The Morgan fingerprint density at radius 2 is 1.23 bits per heavy atom. The van der Waals surface area contributed by atoms with Gasteiger partial charge >= 0.3 is 0 Å². The summed E-state index contributed by atoms with van der Waals surface area (Å²) in [6.07, 6.45) is 5.47. The van der Waals surface area contributed by atoms with Crippen LogP contribution in [-0.4, -0.2) is 16.2 Å². The minimum atomic E-state index is 0.378. The molecule has 0 amide bonds. The molecule has 0 bridgehead atoms. The summed E-state index contributed by atoms with van der Waals surface area (Å²) in [6.45, 7) is 8.55. The molecule has 0 fully saturated rings. The fraction of sp³-hybridized carbons (Fsp3) is 0.263. The van der Waals surface area contributed by atoms with Crippen LogP contribution in [0.5, 0.6) is 0 Å². The van der Waals surface area contributed by atoms with E-state index in [2.05, 4.69) is 81.0 Å². The van der Waals surface area contributed by atoms with Crippen molar-refractivity contribution in [2.75, 3.05) is 5.32 Å². The van der Waals surface area contributed by atoms with Crippen molar-refractivity contribution in [3.8, 4) is 0 Å².